The summed E-state index contributed by atoms with van der Waals surface area (Å²) in [6, 6.07) is 34.1. The van der Waals surface area contributed by atoms with Crippen molar-refractivity contribution in [3.8, 4) is 11.5 Å². The van der Waals surface area contributed by atoms with Crippen molar-refractivity contribution in [2.45, 2.75) is 12.3 Å². The molecule has 0 aliphatic rings. The molecular weight excluding hydrogens is 448 g/mol. The maximum atomic E-state index is 5.35. The second kappa shape index (κ2) is 9.84. The molecule has 0 aliphatic carbocycles. The van der Waals surface area contributed by atoms with Crippen LogP contribution in [0.5, 0.6) is 11.5 Å². The van der Waals surface area contributed by atoms with Gasteiger partial charge in [0.05, 0.1) is 14.2 Å². The largest absolute Gasteiger partial charge is 0.497 e. The lowest BCUT2D eigenvalue weighted by Crippen LogP contribution is -2.04. The van der Waals surface area contributed by atoms with E-state index in [2.05, 4.69) is 88.7 Å². The zero-order valence-corrected chi connectivity index (χ0v) is 19.3. The summed E-state index contributed by atoms with van der Waals surface area (Å²) < 4.78 is 11.8. The molecule has 156 valence electrons. The Hall–Kier alpha value is -3.04. The maximum absolute atomic E-state index is 5.35. The van der Waals surface area contributed by atoms with Crippen molar-refractivity contribution in [3.63, 3.8) is 0 Å². The molecule has 4 rings (SSSR count). The molecule has 0 unspecified atom stereocenters. The number of hydrogen-bond acceptors (Lipinski definition) is 2. The first-order valence-electron chi connectivity index (χ1n) is 10.3. The van der Waals surface area contributed by atoms with E-state index in [4.69, 9.17) is 9.47 Å². The predicted octanol–water partition coefficient (Wildman–Crippen LogP) is 7.24. The van der Waals surface area contributed by atoms with Gasteiger partial charge in [-0.3, -0.25) is 0 Å². The van der Waals surface area contributed by atoms with Gasteiger partial charge >= 0.3 is 0 Å². The summed E-state index contributed by atoms with van der Waals surface area (Å²) in [7, 11) is 3.39. The Morgan fingerprint density at radius 2 is 0.903 bits per heavy atom. The van der Waals surface area contributed by atoms with Crippen molar-refractivity contribution in [1.82, 2.24) is 0 Å². The first kappa shape index (κ1) is 21.2. The molecule has 0 saturated heterocycles. The van der Waals surface area contributed by atoms with Crippen LogP contribution in [-0.2, 0) is 6.42 Å². The third-order valence-electron chi connectivity index (χ3n) is 5.53. The summed E-state index contributed by atoms with van der Waals surface area (Å²) >= 11 is 3.50. The van der Waals surface area contributed by atoms with E-state index in [1.807, 2.05) is 24.3 Å². The van der Waals surface area contributed by atoms with E-state index >= 15 is 0 Å². The van der Waals surface area contributed by atoms with Crippen molar-refractivity contribution in [2.75, 3.05) is 14.2 Å². The van der Waals surface area contributed by atoms with Gasteiger partial charge in [0.15, 0.2) is 0 Å². The van der Waals surface area contributed by atoms with Gasteiger partial charge in [-0.1, -0.05) is 76.6 Å². The molecule has 3 heteroatoms. The van der Waals surface area contributed by atoms with Crippen molar-refractivity contribution in [2.24, 2.45) is 0 Å². The van der Waals surface area contributed by atoms with Crippen molar-refractivity contribution in [3.05, 3.63) is 129 Å². The van der Waals surface area contributed by atoms with Gasteiger partial charge in [-0.2, -0.15) is 0 Å². The van der Waals surface area contributed by atoms with Gasteiger partial charge < -0.3 is 9.47 Å². The fourth-order valence-electron chi connectivity index (χ4n) is 3.84. The number of hydrogen-bond donors (Lipinski definition) is 0. The zero-order valence-electron chi connectivity index (χ0n) is 17.7. The van der Waals surface area contributed by atoms with Crippen LogP contribution in [0, 0.1) is 0 Å². The van der Waals surface area contributed by atoms with E-state index in [0.29, 0.717) is 0 Å². The van der Waals surface area contributed by atoms with Crippen molar-refractivity contribution in [1.29, 1.82) is 0 Å². The lowest BCUT2D eigenvalue weighted by Gasteiger charge is -2.20. The van der Waals surface area contributed by atoms with Crippen molar-refractivity contribution < 1.29 is 9.47 Å². The normalized spacial score (nSPS) is 10.8. The first-order valence-corrected chi connectivity index (χ1v) is 11.1. The minimum Gasteiger partial charge on any atom is -0.497 e. The molecule has 2 nitrogen and oxygen atoms in total. The molecular formula is C28H25BrO2. The Bertz CT molecular complexity index is 1050. The van der Waals surface area contributed by atoms with Gasteiger partial charge in [-0.15, -0.1) is 0 Å². The Labute approximate surface area is 192 Å². The van der Waals surface area contributed by atoms with Gasteiger partial charge in [0, 0.05) is 10.4 Å². The number of ether oxygens (including phenoxy) is 2. The fourth-order valence-corrected chi connectivity index (χ4v) is 4.10. The van der Waals surface area contributed by atoms with Crippen LogP contribution < -0.4 is 9.47 Å². The van der Waals surface area contributed by atoms with Gasteiger partial charge in [0.1, 0.15) is 11.5 Å². The Balaban J connectivity index is 1.65. The van der Waals surface area contributed by atoms with Gasteiger partial charge in [0.25, 0.3) is 0 Å². The highest BCUT2D eigenvalue weighted by Crippen LogP contribution is 2.34. The molecule has 0 fully saturated rings. The summed E-state index contributed by atoms with van der Waals surface area (Å²) in [4.78, 5) is 0. The van der Waals surface area contributed by atoms with Gasteiger partial charge in [0.2, 0.25) is 0 Å². The topological polar surface area (TPSA) is 18.5 Å². The molecule has 0 spiro atoms. The van der Waals surface area contributed by atoms with Crippen molar-refractivity contribution >= 4 is 15.9 Å². The highest BCUT2D eigenvalue weighted by atomic mass is 79.9. The molecule has 0 aromatic heterocycles. The van der Waals surface area contributed by atoms with Gasteiger partial charge in [-0.25, -0.2) is 0 Å². The molecule has 0 bridgehead atoms. The average Bonchev–Trinajstić information content (AvgIpc) is 2.83. The van der Waals surface area contributed by atoms with E-state index in [-0.39, 0.29) is 5.92 Å². The second-order valence-corrected chi connectivity index (χ2v) is 8.44. The molecule has 0 saturated carbocycles. The van der Waals surface area contributed by atoms with Gasteiger partial charge in [-0.05, 0) is 70.6 Å². The Morgan fingerprint density at radius 3 is 1.29 bits per heavy atom. The minimum absolute atomic E-state index is 0.138. The van der Waals surface area contributed by atoms with E-state index in [9.17, 15) is 0 Å². The lowest BCUT2D eigenvalue weighted by molar-refractivity contribution is 0.414. The number of methoxy groups -OCH3 is 2. The monoisotopic (exact) mass is 472 g/mol. The second-order valence-electron chi connectivity index (χ2n) is 7.52. The Morgan fingerprint density at radius 1 is 0.548 bits per heavy atom. The smallest absolute Gasteiger partial charge is 0.118 e. The fraction of sp³-hybridized carbons (Fsp3) is 0.143. The van der Waals surface area contributed by atoms with E-state index in [1.165, 1.54) is 27.8 Å². The molecule has 0 radical (unpaired) electrons. The number of benzene rings is 4. The predicted molar refractivity (Wildman–Crippen MR) is 130 cm³/mol. The average molecular weight is 473 g/mol. The SMILES string of the molecule is COc1ccc(C(c2ccc(Cc3ccc(Br)cc3)cc2)c2ccc(OC)cc2)cc1. The summed E-state index contributed by atoms with van der Waals surface area (Å²) in [6.45, 7) is 0. The first-order chi connectivity index (χ1) is 15.2. The molecule has 0 amide bonds. The summed E-state index contributed by atoms with van der Waals surface area (Å²) in [5.74, 6) is 1.86. The molecule has 31 heavy (non-hydrogen) atoms. The maximum Gasteiger partial charge on any atom is 0.118 e. The lowest BCUT2D eigenvalue weighted by atomic mass is 9.84. The van der Waals surface area contributed by atoms with Crippen LogP contribution in [-0.4, -0.2) is 14.2 Å². The molecule has 4 aromatic rings. The minimum atomic E-state index is 0.138. The third-order valence-corrected chi connectivity index (χ3v) is 6.06. The number of halogens is 1. The highest BCUT2D eigenvalue weighted by molar-refractivity contribution is 9.10. The van der Waals surface area contributed by atoms with Crippen LogP contribution in [0.25, 0.3) is 0 Å². The Kier molecular flexibility index (Phi) is 6.73. The summed E-state index contributed by atoms with van der Waals surface area (Å²) in [5, 5.41) is 0. The van der Waals surface area contributed by atoms with Crippen LogP contribution in [0.4, 0.5) is 0 Å². The molecule has 0 aliphatic heterocycles. The third kappa shape index (κ3) is 5.18. The summed E-state index contributed by atoms with van der Waals surface area (Å²) in [5.41, 5.74) is 6.32. The highest BCUT2D eigenvalue weighted by Gasteiger charge is 2.17. The molecule has 0 atom stereocenters. The van der Waals surface area contributed by atoms with E-state index < -0.39 is 0 Å². The van der Waals surface area contributed by atoms with Crippen LogP contribution in [0.3, 0.4) is 0 Å². The van der Waals surface area contributed by atoms with E-state index in [0.717, 1.165) is 22.4 Å². The zero-order chi connectivity index (χ0) is 21.6. The standard InChI is InChI=1S/C28H25BrO2/c1-30-26-15-9-23(10-16-26)28(24-11-17-27(31-2)18-12-24)22-7-3-20(4-8-22)19-21-5-13-25(29)14-6-21/h3-18,28H,19H2,1-2H3. The van der Waals surface area contributed by atoms with Crippen LogP contribution >= 0.6 is 15.9 Å². The van der Waals surface area contributed by atoms with Crippen LogP contribution in [0.2, 0.25) is 0 Å². The van der Waals surface area contributed by atoms with Crippen LogP contribution in [0.1, 0.15) is 33.7 Å². The molecule has 0 heterocycles. The van der Waals surface area contributed by atoms with E-state index in [1.54, 1.807) is 14.2 Å². The van der Waals surface area contributed by atoms with Crippen LogP contribution in [0.15, 0.2) is 102 Å². The molecule has 4 aromatic carbocycles. The quantitative estimate of drug-likeness (QED) is 0.264. The number of rotatable bonds is 7. The summed E-state index contributed by atoms with van der Waals surface area (Å²) in [6.07, 6.45) is 0.920. The molecule has 0 N–H and O–H groups in total.